The Bertz CT molecular complexity index is 595. The van der Waals surface area contributed by atoms with E-state index in [0.717, 1.165) is 24.6 Å². The Hall–Kier alpha value is -2.14. The molecule has 2 aromatic rings. The van der Waals surface area contributed by atoms with Crippen LogP contribution in [0.15, 0.2) is 30.3 Å². The summed E-state index contributed by atoms with van der Waals surface area (Å²) in [4.78, 5) is 8.85. The van der Waals surface area contributed by atoms with Crippen molar-refractivity contribution in [3.63, 3.8) is 0 Å². The van der Waals surface area contributed by atoms with Crippen molar-refractivity contribution in [2.45, 2.75) is 33.1 Å². The maximum atomic E-state index is 5.46. The van der Waals surface area contributed by atoms with Crippen molar-refractivity contribution < 1.29 is 0 Å². The Labute approximate surface area is 126 Å². The zero-order valence-electron chi connectivity index (χ0n) is 12.9. The first-order valence-electron chi connectivity index (χ1n) is 7.23. The number of nitrogens with one attached hydrogen (secondary N) is 2. The molecule has 0 atom stereocenters. The third-order valence-corrected chi connectivity index (χ3v) is 3.21. The van der Waals surface area contributed by atoms with Crippen LogP contribution in [0.4, 0.5) is 11.6 Å². The molecule has 0 amide bonds. The Kier molecular flexibility index (Phi) is 5.11. The first kappa shape index (κ1) is 15.3. The summed E-state index contributed by atoms with van der Waals surface area (Å²) in [5, 5.41) is 3.34. The average molecular weight is 285 g/mol. The highest BCUT2D eigenvalue weighted by Crippen LogP contribution is 2.16. The number of aryl methyl sites for hydroxylation is 1. The van der Waals surface area contributed by atoms with Crippen molar-refractivity contribution >= 4 is 11.6 Å². The van der Waals surface area contributed by atoms with Gasteiger partial charge in [0.15, 0.2) is 0 Å². The van der Waals surface area contributed by atoms with Crippen LogP contribution in [0.3, 0.4) is 0 Å². The van der Waals surface area contributed by atoms with Crippen molar-refractivity contribution in [3.05, 3.63) is 47.3 Å². The highest BCUT2D eigenvalue weighted by atomic mass is 15.3. The molecule has 2 rings (SSSR count). The zero-order valence-corrected chi connectivity index (χ0v) is 12.9. The number of hydrogen-bond acceptors (Lipinski definition) is 5. The zero-order chi connectivity index (χ0) is 15.2. The summed E-state index contributed by atoms with van der Waals surface area (Å²) in [6.45, 7) is 7.05. The molecule has 5 heteroatoms. The number of benzene rings is 1. The monoisotopic (exact) mass is 285 g/mol. The van der Waals surface area contributed by atoms with Gasteiger partial charge in [0, 0.05) is 18.5 Å². The fourth-order valence-corrected chi connectivity index (χ4v) is 2.09. The maximum Gasteiger partial charge on any atom is 0.145 e. The van der Waals surface area contributed by atoms with Gasteiger partial charge in [-0.25, -0.2) is 15.8 Å². The number of hydrogen-bond donors (Lipinski definition) is 3. The average Bonchev–Trinajstić information content (AvgIpc) is 2.47. The second-order valence-electron chi connectivity index (χ2n) is 5.46. The molecule has 1 aromatic heterocycles. The molecule has 112 valence electrons. The molecule has 1 aromatic carbocycles. The van der Waals surface area contributed by atoms with Gasteiger partial charge in [-0.15, -0.1) is 0 Å². The summed E-state index contributed by atoms with van der Waals surface area (Å²) >= 11 is 0. The van der Waals surface area contributed by atoms with E-state index in [4.69, 9.17) is 5.84 Å². The van der Waals surface area contributed by atoms with Crippen LogP contribution in [-0.4, -0.2) is 16.5 Å². The van der Waals surface area contributed by atoms with Crippen molar-refractivity contribution in [3.8, 4) is 0 Å². The summed E-state index contributed by atoms with van der Waals surface area (Å²) in [6, 6.07) is 10.4. The topological polar surface area (TPSA) is 75.9 Å². The lowest BCUT2D eigenvalue weighted by Crippen LogP contribution is -2.14. The third kappa shape index (κ3) is 4.43. The lowest BCUT2D eigenvalue weighted by molar-refractivity contribution is 0.775. The van der Waals surface area contributed by atoms with Crippen LogP contribution in [0, 0.1) is 6.92 Å². The van der Waals surface area contributed by atoms with Crippen LogP contribution in [0.5, 0.6) is 0 Å². The van der Waals surface area contributed by atoms with E-state index in [-0.39, 0.29) is 5.92 Å². The lowest BCUT2D eigenvalue weighted by Gasteiger charge is -2.11. The van der Waals surface area contributed by atoms with Gasteiger partial charge in [0.25, 0.3) is 0 Å². The minimum atomic E-state index is 0.260. The first-order chi connectivity index (χ1) is 10.1. The van der Waals surface area contributed by atoms with Gasteiger partial charge >= 0.3 is 0 Å². The quantitative estimate of drug-likeness (QED) is 0.562. The molecule has 0 saturated carbocycles. The Morgan fingerprint density at radius 3 is 2.57 bits per heavy atom. The summed E-state index contributed by atoms with van der Waals surface area (Å²) in [5.41, 5.74) is 5.19. The van der Waals surface area contributed by atoms with E-state index in [1.807, 2.05) is 6.07 Å². The number of rotatable bonds is 6. The van der Waals surface area contributed by atoms with E-state index in [9.17, 15) is 0 Å². The standard InChI is InChI=1S/C16H23N5/c1-11(2)16-19-14(10-15(20-16)21-17)18-8-7-13-6-4-5-12(3)9-13/h4-6,9-11H,7-8,17H2,1-3H3,(H2,18,19,20,21). The molecule has 5 nitrogen and oxygen atoms in total. The van der Waals surface area contributed by atoms with E-state index in [2.05, 4.69) is 65.7 Å². The maximum absolute atomic E-state index is 5.46. The highest BCUT2D eigenvalue weighted by Gasteiger charge is 2.07. The molecule has 0 radical (unpaired) electrons. The lowest BCUT2D eigenvalue weighted by atomic mass is 10.1. The molecule has 0 aliphatic heterocycles. The number of hydrazine groups is 1. The molecule has 0 saturated heterocycles. The molecular weight excluding hydrogens is 262 g/mol. The normalized spacial score (nSPS) is 10.7. The molecule has 0 fully saturated rings. The fraction of sp³-hybridized carbons (Fsp3) is 0.375. The van der Waals surface area contributed by atoms with Crippen LogP contribution in [0.2, 0.25) is 0 Å². The van der Waals surface area contributed by atoms with Crippen LogP contribution in [-0.2, 0) is 6.42 Å². The van der Waals surface area contributed by atoms with Crippen molar-refractivity contribution in [2.75, 3.05) is 17.3 Å². The number of aromatic nitrogens is 2. The second kappa shape index (κ2) is 7.04. The molecule has 4 N–H and O–H groups in total. The van der Waals surface area contributed by atoms with Crippen molar-refractivity contribution in [2.24, 2.45) is 5.84 Å². The van der Waals surface area contributed by atoms with Gasteiger partial charge in [-0.3, -0.25) is 0 Å². The summed E-state index contributed by atoms with van der Waals surface area (Å²) in [7, 11) is 0. The Morgan fingerprint density at radius 1 is 1.14 bits per heavy atom. The third-order valence-electron chi connectivity index (χ3n) is 3.21. The molecular formula is C16H23N5. The summed E-state index contributed by atoms with van der Waals surface area (Å²) in [5.74, 6) is 7.93. The van der Waals surface area contributed by atoms with Gasteiger partial charge in [0.2, 0.25) is 0 Å². The van der Waals surface area contributed by atoms with E-state index < -0.39 is 0 Å². The molecule has 1 heterocycles. The van der Waals surface area contributed by atoms with E-state index in [1.54, 1.807) is 0 Å². The summed E-state index contributed by atoms with van der Waals surface area (Å²) < 4.78 is 0. The largest absolute Gasteiger partial charge is 0.370 e. The van der Waals surface area contributed by atoms with Gasteiger partial charge in [-0.1, -0.05) is 43.7 Å². The Morgan fingerprint density at radius 2 is 1.90 bits per heavy atom. The highest BCUT2D eigenvalue weighted by molar-refractivity contribution is 5.47. The van der Waals surface area contributed by atoms with Gasteiger partial charge in [0.05, 0.1) is 0 Å². The molecule has 0 spiro atoms. The van der Waals surface area contributed by atoms with E-state index in [0.29, 0.717) is 5.82 Å². The minimum Gasteiger partial charge on any atom is -0.370 e. The van der Waals surface area contributed by atoms with Crippen molar-refractivity contribution in [1.29, 1.82) is 0 Å². The Balaban J connectivity index is 2.01. The van der Waals surface area contributed by atoms with Crippen LogP contribution < -0.4 is 16.6 Å². The molecule has 0 unspecified atom stereocenters. The van der Waals surface area contributed by atoms with Crippen molar-refractivity contribution in [1.82, 2.24) is 9.97 Å². The van der Waals surface area contributed by atoms with Gasteiger partial charge < -0.3 is 10.7 Å². The van der Waals surface area contributed by atoms with E-state index in [1.165, 1.54) is 11.1 Å². The predicted octanol–water partition coefficient (Wildman–Crippen LogP) is 2.85. The van der Waals surface area contributed by atoms with Gasteiger partial charge in [0.1, 0.15) is 17.5 Å². The number of nitrogens with two attached hydrogens (primary N) is 1. The summed E-state index contributed by atoms with van der Waals surface area (Å²) in [6.07, 6.45) is 0.952. The minimum absolute atomic E-state index is 0.260. The second-order valence-corrected chi connectivity index (χ2v) is 5.46. The molecule has 21 heavy (non-hydrogen) atoms. The first-order valence-corrected chi connectivity index (χ1v) is 7.23. The van der Waals surface area contributed by atoms with Crippen LogP contribution in [0.1, 0.15) is 36.7 Å². The van der Waals surface area contributed by atoms with E-state index >= 15 is 0 Å². The van der Waals surface area contributed by atoms with Crippen LogP contribution >= 0.6 is 0 Å². The smallest absolute Gasteiger partial charge is 0.145 e. The fourth-order valence-electron chi connectivity index (χ4n) is 2.09. The van der Waals surface area contributed by atoms with Crippen LogP contribution in [0.25, 0.3) is 0 Å². The SMILES string of the molecule is Cc1cccc(CCNc2cc(NN)nc(C(C)C)n2)c1. The van der Waals surface area contributed by atoms with Gasteiger partial charge in [-0.05, 0) is 18.9 Å². The molecule has 0 aliphatic rings. The molecule has 0 bridgehead atoms. The van der Waals surface area contributed by atoms with Gasteiger partial charge in [-0.2, -0.15) is 0 Å². The number of nitrogens with zero attached hydrogens (tertiary/aromatic N) is 2. The predicted molar refractivity (Wildman–Crippen MR) is 87.3 cm³/mol. The molecule has 0 aliphatic carbocycles. The number of anilines is 2. The number of nitrogen functional groups attached to an aromatic ring is 1.